The minimum atomic E-state index is 0.115. The van der Waals surface area contributed by atoms with E-state index in [-0.39, 0.29) is 12.5 Å². The minimum Gasteiger partial charge on any atom is -0.382 e. The fourth-order valence-corrected chi connectivity index (χ4v) is 3.45. The zero-order valence-electron chi connectivity index (χ0n) is 17.5. The van der Waals surface area contributed by atoms with Crippen LogP contribution in [0.5, 0.6) is 0 Å². The maximum Gasteiger partial charge on any atom is 0.244 e. The smallest absolute Gasteiger partial charge is 0.244 e. The lowest BCUT2D eigenvalue weighted by molar-refractivity contribution is -0.130. The van der Waals surface area contributed by atoms with Crippen LogP contribution in [0.2, 0.25) is 0 Å². The van der Waals surface area contributed by atoms with Crippen LogP contribution >= 0.6 is 0 Å². The van der Waals surface area contributed by atoms with Crippen molar-refractivity contribution >= 4 is 11.9 Å². The van der Waals surface area contributed by atoms with Crippen LogP contribution in [-0.4, -0.2) is 62.7 Å². The molecular weight excluding hydrogens is 352 g/mol. The summed E-state index contributed by atoms with van der Waals surface area (Å²) >= 11 is 0. The number of piperidine rings is 1. The van der Waals surface area contributed by atoms with Gasteiger partial charge in [0.25, 0.3) is 0 Å². The van der Waals surface area contributed by atoms with Gasteiger partial charge in [-0.25, -0.2) is 4.99 Å². The van der Waals surface area contributed by atoms with Gasteiger partial charge in [0.15, 0.2) is 5.96 Å². The van der Waals surface area contributed by atoms with E-state index < -0.39 is 0 Å². The Morgan fingerprint density at radius 2 is 1.93 bits per heavy atom. The second-order valence-corrected chi connectivity index (χ2v) is 7.19. The Morgan fingerprint density at radius 3 is 2.61 bits per heavy atom. The van der Waals surface area contributed by atoms with Crippen LogP contribution in [0.15, 0.2) is 35.3 Å². The Morgan fingerprint density at radius 1 is 1.18 bits per heavy atom. The van der Waals surface area contributed by atoms with Crippen molar-refractivity contribution in [2.24, 2.45) is 10.9 Å². The van der Waals surface area contributed by atoms with Crippen LogP contribution in [-0.2, 0) is 16.0 Å². The lowest BCUT2D eigenvalue weighted by Gasteiger charge is -2.32. The number of guanidine groups is 1. The molecule has 1 fully saturated rings. The number of ether oxygens (including phenoxy) is 1. The molecule has 28 heavy (non-hydrogen) atoms. The van der Waals surface area contributed by atoms with Crippen LogP contribution in [0, 0.1) is 5.92 Å². The summed E-state index contributed by atoms with van der Waals surface area (Å²) in [5.41, 5.74) is 1.39. The van der Waals surface area contributed by atoms with Gasteiger partial charge in [-0.3, -0.25) is 4.79 Å². The number of nitrogens with zero attached hydrogens (tertiary/aromatic N) is 2. The maximum absolute atomic E-state index is 12.5. The van der Waals surface area contributed by atoms with Crippen molar-refractivity contribution in [3.8, 4) is 0 Å². The summed E-state index contributed by atoms with van der Waals surface area (Å²) in [6, 6.07) is 10.6. The number of nitrogens with one attached hydrogen (secondary N) is 2. The number of likely N-dealkylation sites (tertiary alicyclic amines) is 1. The van der Waals surface area contributed by atoms with Gasteiger partial charge in [0.1, 0.15) is 6.54 Å². The molecule has 1 saturated heterocycles. The number of hydrogen-bond acceptors (Lipinski definition) is 3. The molecule has 156 valence electrons. The summed E-state index contributed by atoms with van der Waals surface area (Å²) < 4.78 is 5.34. The SMILES string of the molecule is CCNC(=NCC(=O)N1CCC(Cc2ccccc2)CC1)NCCCOCC. The molecule has 1 aromatic carbocycles. The molecule has 0 aliphatic carbocycles. The molecule has 0 radical (unpaired) electrons. The lowest BCUT2D eigenvalue weighted by Crippen LogP contribution is -2.42. The van der Waals surface area contributed by atoms with E-state index in [0.717, 1.165) is 65.1 Å². The molecule has 0 saturated carbocycles. The quantitative estimate of drug-likeness (QED) is 0.367. The average molecular weight is 389 g/mol. The van der Waals surface area contributed by atoms with E-state index >= 15 is 0 Å². The van der Waals surface area contributed by atoms with Crippen molar-refractivity contribution < 1.29 is 9.53 Å². The second kappa shape index (κ2) is 13.2. The van der Waals surface area contributed by atoms with Gasteiger partial charge in [0, 0.05) is 39.4 Å². The summed E-state index contributed by atoms with van der Waals surface area (Å²) in [5.74, 6) is 1.48. The third kappa shape index (κ3) is 8.30. The maximum atomic E-state index is 12.5. The molecule has 1 aromatic rings. The van der Waals surface area contributed by atoms with Crippen molar-refractivity contribution in [1.29, 1.82) is 0 Å². The first-order valence-electron chi connectivity index (χ1n) is 10.6. The molecule has 0 unspecified atom stereocenters. The minimum absolute atomic E-state index is 0.115. The van der Waals surface area contributed by atoms with E-state index in [4.69, 9.17) is 4.74 Å². The number of carbonyl (C=O) groups is 1. The number of carbonyl (C=O) groups excluding carboxylic acids is 1. The fraction of sp³-hybridized carbons (Fsp3) is 0.636. The number of rotatable bonds is 10. The Bertz CT molecular complexity index is 583. The van der Waals surface area contributed by atoms with Crippen LogP contribution in [0.1, 0.15) is 38.7 Å². The highest BCUT2D eigenvalue weighted by Gasteiger charge is 2.22. The topological polar surface area (TPSA) is 66.0 Å². The Balaban J connectivity index is 1.71. The molecule has 0 aromatic heterocycles. The first kappa shape index (κ1) is 22.2. The predicted molar refractivity (Wildman–Crippen MR) is 115 cm³/mol. The van der Waals surface area contributed by atoms with Crippen molar-refractivity contribution in [3.63, 3.8) is 0 Å². The van der Waals surface area contributed by atoms with E-state index in [1.807, 2.05) is 18.7 Å². The molecule has 0 atom stereocenters. The molecule has 1 amide bonds. The molecule has 1 aliphatic heterocycles. The van der Waals surface area contributed by atoms with Crippen molar-refractivity contribution in [1.82, 2.24) is 15.5 Å². The van der Waals surface area contributed by atoms with Gasteiger partial charge >= 0.3 is 0 Å². The summed E-state index contributed by atoms with van der Waals surface area (Å²) in [6.07, 6.45) is 4.17. The average Bonchev–Trinajstić information content (AvgIpc) is 2.73. The van der Waals surface area contributed by atoms with Crippen molar-refractivity contribution in [2.45, 2.75) is 39.5 Å². The molecule has 6 heteroatoms. The first-order valence-corrected chi connectivity index (χ1v) is 10.6. The second-order valence-electron chi connectivity index (χ2n) is 7.19. The van der Waals surface area contributed by atoms with Gasteiger partial charge in [-0.1, -0.05) is 30.3 Å². The van der Waals surface area contributed by atoms with Gasteiger partial charge < -0.3 is 20.3 Å². The molecule has 1 aliphatic rings. The van der Waals surface area contributed by atoms with Crippen LogP contribution in [0.4, 0.5) is 0 Å². The number of aliphatic imine (C=N–C) groups is 1. The van der Waals surface area contributed by atoms with Crippen molar-refractivity contribution in [2.75, 3.05) is 45.9 Å². The third-order valence-corrected chi connectivity index (χ3v) is 5.01. The summed E-state index contributed by atoms with van der Waals surface area (Å²) in [7, 11) is 0. The molecule has 6 nitrogen and oxygen atoms in total. The summed E-state index contributed by atoms with van der Waals surface area (Å²) in [4.78, 5) is 18.9. The van der Waals surface area contributed by atoms with Gasteiger partial charge in [-0.05, 0) is 51.0 Å². The predicted octanol–water partition coefficient (Wildman–Crippen LogP) is 2.45. The highest BCUT2D eigenvalue weighted by atomic mass is 16.5. The fourth-order valence-electron chi connectivity index (χ4n) is 3.45. The first-order chi connectivity index (χ1) is 13.7. The third-order valence-electron chi connectivity index (χ3n) is 5.01. The summed E-state index contributed by atoms with van der Waals surface area (Å²) in [6.45, 7) is 8.93. The largest absolute Gasteiger partial charge is 0.382 e. The van der Waals surface area contributed by atoms with E-state index in [0.29, 0.717) is 11.9 Å². The normalized spacial score (nSPS) is 15.5. The molecule has 2 N–H and O–H groups in total. The van der Waals surface area contributed by atoms with E-state index in [1.54, 1.807) is 0 Å². The number of amides is 1. The van der Waals surface area contributed by atoms with Crippen LogP contribution < -0.4 is 10.6 Å². The highest BCUT2D eigenvalue weighted by molar-refractivity contribution is 5.85. The van der Waals surface area contributed by atoms with E-state index in [9.17, 15) is 4.79 Å². The molecular formula is C22H36N4O2. The monoisotopic (exact) mass is 388 g/mol. The van der Waals surface area contributed by atoms with Gasteiger partial charge in [-0.15, -0.1) is 0 Å². The van der Waals surface area contributed by atoms with E-state index in [2.05, 4.69) is 46.0 Å². The van der Waals surface area contributed by atoms with Gasteiger partial charge in [0.2, 0.25) is 5.91 Å². The van der Waals surface area contributed by atoms with Gasteiger partial charge in [-0.2, -0.15) is 0 Å². The van der Waals surface area contributed by atoms with Gasteiger partial charge in [0.05, 0.1) is 0 Å². The molecule has 0 bridgehead atoms. The zero-order chi connectivity index (χ0) is 20.0. The lowest BCUT2D eigenvalue weighted by atomic mass is 9.90. The zero-order valence-corrected chi connectivity index (χ0v) is 17.5. The summed E-state index contributed by atoms with van der Waals surface area (Å²) in [5, 5.41) is 6.45. The van der Waals surface area contributed by atoms with E-state index in [1.165, 1.54) is 5.56 Å². The molecule has 1 heterocycles. The Kier molecular flexibility index (Phi) is 10.4. The molecule has 0 spiro atoms. The Labute approximate surface area is 169 Å². The highest BCUT2D eigenvalue weighted by Crippen LogP contribution is 2.21. The standard InChI is InChI=1S/C22H36N4O2/c1-3-23-22(24-13-8-16-28-4-2)25-18-21(27)26-14-11-20(12-15-26)17-19-9-6-5-7-10-19/h5-7,9-10,20H,3-4,8,11-18H2,1-2H3,(H2,23,24,25). The van der Waals surface area contributed by atoms with Crippen LogP contribution in [0.3, 0.4) is 0 Å². The Hall–Kier alpha value is -2.08. The van der Waals surface area contributed by atoms with Crippen molar-refractivity contribution in [3.05, 3.63) is 35.9 Å². The molecule has 2 rings (SSSR count). The number of hydrogen-bond donors (Lipinski definition) is 2. The van der Waals surface area contributed by atoms with Crippen LogP contribution in [0.25, 0.3) is 0 Å². The number of benzene rings is 1.